The summed E-state index contributed by atoms with van der Waals surface area (Å²) in [4.78, 5) is 10.9. The Bertz CT molecular complexity index is 648. The van der Waals surface area contributed by atoms with Crippen molar-refractivity contribution in [3.8, 4) is 0 Å². The minimum absolute atomic E-state index is 0.223. The maximum absolute atomic E-state index is 10.9. The molecule has 0 aromatic heterocycles. The first kappa shape index (κ1) is 26.5. The topological polar surface area (TPSA) is 37.3 Å². The van der Waals surface area contributed by atoms with Gasteiger partial charge >= 0.3 is 5.97 Å². The molecule has 0 saturated heterocycles. The van der Waals surface area contributed by atoms with Gasteiger partial charge in [-0.1, -0.05) is 73.8 Å². The molecule has 30 heavy (non-hydrogen) atoms. The van der Waals surface area contributed by atoms with E-state index in [1.54, 1.807) is 12.5 Å². The Kier molecular flexibility index (Phi) is 12.7. The highest BCUT2D eigenvalue weighted by Gasteiger charge is 2.11. The van der Waals surface area contributed by atoms with Gasteiger partial charge in [0, 0.05) is 0 Å². The van der Waals surface area contributed by atoms with E-state index < -0.39 is 5.97 Å². The molecule has 0 fully saturated rings. The summed E-state index contributed by atoms with van der Waals surface area (Å²) in [5.74, 6) is 0.567. The van der Waals surface area contributed by atoms with E-state index in [2.05, 4.69) is 58.9 Å². The lowest BCUT2D eigenvalue weighted by atomic mass is 9.88. The van der Waals surface area contributed by atoms with Crippen LogP contribution in [-0.2, 0) is 4.79 Å². The molecule has 170 valence electrons. The molecule has 3 unspecified atom stereocenters. The predicted octanol–water partition coefficient (Wildman–Crippen LogP) is 8.66. The molecule has 1 N–H and O–H groups in total. The van der Waals surface area contributed by atoms with Crippen LogP contribution >= 0.6 is 0 Å². The van der Waals surface area contributed by atoms with E-state index in [1.165, 1.54) is 48.8 Å². The summed E-state index contributed by atoms with van der Waals surface area (Å²) in [6.07, 6.45) is 20.7. The molecule has 0 saturated carbocycles. The fraction of sp³-hybridized carbons (Fsp3) is 0.679. The normalized spacial score (nSPS) is 19.9. The van der Waals surface area contributed by atoms with Crippen molar-refractivity contribution in [2.75, 3.05) is 0 Å². The summed E-state index contributed by atoms with van der Waals surface area (Å²) in [5.41, 5.74) is 6.02. The number of carboxylic acid groups (broad SMARTS) is 1. The third kappa shape index (κ3) is 11.6. The van der Waals surface area contributed by atoms with Crippen LogP contribution in [0.2, 0.25) is 0 Å². The van der Waals surface area contributed by atoms with Crippen LogP contribution in [0.4, 0.5) is 0 Å². The van der Waals surface area contributed by atoms with Crippen molar-refractivity contribution in [3.05, 3.63) is 46.6 Å². The summed E-state index contributed by atoms with van der Waals surface area (Å²) >= 11 is 0. The third-order valence-corrected chi connectivity index (χ3v) is 6.69. The fourth-order valence-corrected chi connectivity index (χ4v) is 4.00. The highest BCUT2D eigenvalue weighted by atomic mass is 16.4. The Morgan fingerprint density at radius 2 is 1.70 bits per heavy atom. The van der Waals surface area contributed by atoms with Crippen molar-refractivity contribution in [3.63, 3.8) is 0 Å². The first-order valence-electron chi connectivity index (χ1n) is 12.1. The van der Waals surface area contributed by atoms with Crippen molar-refractivity contribution in [2.24, 2.45) is 17.8 Å². The van der Waals surface area contributed by atoms with Crippen LogP contribution in [0.1, 0.15) is 106 Å². The molecule has 0 bridgehead atoms. The summed E-state index contributed by atoms with van der Waals surface area (Å²) in [7, 11) is 0. The maximum Gasteiger partial charge on any atom is 0.306 e. The van der Waals surface area contributed by atoms with E-state index in [4.69, 9.17) is 5.11 Å². The van der Waals surface area contributed by atoms with Crippen molar-refractivity contribution < 1.29 is 9.90 Å². The largest absolute Gasteiger partial charge is 0.481 e. The number of hydrogen-bond acceptors (Lipinski definition) is 1. The minimum atomic E-state index is -0.677. The second kappa shape index (κ2) is 14.4. The Morgan fingerprint density at radius 1 is 1.07 bits per heavy atom. The fourth-order valence-electron chi connectivity index (χ4n) is 4.00. The molecule has 2 heteroatoms. The average Bonchev–Trinajstić information content (AvgIpc) is 2.68. The van der Waals surface area contributed by atoms with Gasteiger partial charge in [0.15, 0.2) is 0 Å². The molecule has 0 aliphatic heterocycles. The lowest BCUT2D eigenvalue weighted by Crippen LogP contribution is -2.08. The van der Waals surface area contributed by atoms with E-state index in [1.807, 2.05) is 0 Å². The van der Waals surface area contributed by atoms with E-state index >= 15 is 0 Å². The van der Waals surface area contributed by atoms with Crippen LogP contribution in [0.25, 0.3) is 0 Å². The predicted molar refractivity (Wildman–Crippen MR) is 131 cm³/mol. The second-order valence-corrected chi connectivity index (χ2v) is 9.85. The van der Waals surface area contributed by atoms with Crippen molar-refractivity contribution >= 4 is 5.97 Å². The molecule has 0 aromatic carbocycles. The van der Waals surface area contributed by atoms with Crippen LogP contribution in [0.5, 0.6) is 0 Å². The number of carboxylic acids is 1. The van der Waals surface area contributed by atoms with Gasteiger partial charge in [0.25, 0.3) is 0 Å². The Hall–Kier alpha value is -1.57. The molecule has 0 heterocycles. The van der Waals surface area contributed by atoms with Crippen LogP contribution in [0.3, 0.4) is 0 Å². The molecule has 0 amide bonds. The van der Waals surface area contributed by atoms with Gasteiger partial charge < -0.3 is 5.11 Å². The molecule has 0 radical (unpaired) electrons. The number of allylic oxidation sites excluding steroid dienone is 8. The van der Waals surface area contributed by atoms with Crippen molar-refractivity contribution in [2.45, 2.75) is 106 Å². The van der Waals surface area contributed by atoms with Gasteiger partial charge in [0.1, 0.15) is 0 Å². The average molecular weight is 415 g/mol. The second-order valence-electron chi connectivity index (χ2n) is 9.85. The zero-order valence-electron chi connectivity index (χ0n) is 20.5. The van der Waals surface area contributed by atoms with Gasteiger partial charge in [-0.3, -0.25) is 4.79 Å². The van der Waals surface area contributed by atoms with Crippen molar-refractivity contribution in [1.82, 2.24) is 0 Å². The monoisotopic (exact) mass is 414 g/mol. The maximum atomic E-state index is 10.9. The summed E-state index contributed by atoms with van der Waals surface area (Å²) < 4.78 is 0. The van der Waals surface area contributed by atoms with Crippen molar-refractivity contribution in [1.29, 1.82) is 0 Å². The van der Waals surface area contributed by atoms with Gasteiger partial charge in [0.2, 0.25) is 0 Å². The molecular formula is C28H46O2. The molecule has 0 spiro atoms. The number of hydrogen-bond donors (Lipinski definition) is 1. The van der Waals surface area contributed by atoms with Gasteiger partial charge in [-0.25, -0.2) is 0 Å². The quantitative estimate of drug-likeness (QED) is 0.289. The Labute approximate surface area is 186 Å². The Balaban J connectivity index is 2.17. The zero-order chi connectivity index (χ0) is 22.5. The summed E-state index contributed by atoms with van der Waals surface area (Å²) in [6.45, 7) is 13.2. The third-order valence-electron chi connectivity index (χ3n) is 6.69. The van der Waals surface area contributed by atoms with E-state index in [0.29, 0.717) is 5.92 Å². The molecule has 1 aliphatic carbocycles. The summed E-state index contributed by atoms with van der Waals surface area (Å²) in [6, 6.07) is 0. The first-order valence-corrected chi connectivity index (χ1v) is 12.1. The molecular weight excluding hydrogens is 368 g/mol. The lowest BCUT2D eigenvalue weighted by molar-refractivity contribution is -0.141. The highest BCUT2D eigenvalue weighted by molar-refractivity contribution is 5.69. The van der Waals surface area contributed by atoms with Gasteiger partial charge in [-0.15, -0.1) is 0 Å². The van der Waals surface area contributed by atoms with Gasteiger partial charge in [-0.05, 0) is 90.4 Å². The molecule has 1 aliphatic rings. The Morgan fingerprint density at radius 3 is 2.33 bits per heavy atom. The van der Waals surface area contributed by atoms with E-state index in [-0.39, 0.29) is 5.92 Å². The molecule has 2 nitrogen and oxygen atoms in total. The van der Waals surface area contributed by atoms with E-state index in [9.17, 15) is 4.79 Å². The number of aliphatic carboxylic acids is 1. The van der Waals surface area contributed by atoms with Gasteiger partial charge in [-0.2, -0.15) is 0 Å². The van der Waals surface area contributed by atoms with Crippen LogP contribution < -0.4 is 0 Å². The number of carbonyl (C=O) groups is 1. The highest BCUT2D eigenvalue weighted by Crippen LogP contribution is 2.27. The smallest absolute Gasteiger partial charge is 0.306 e. The van der Waals surface area contributed by atoms with Crippen LogP contribution in [-0.4, -0.2) is 11.1 Å². The zero-order valence-corrected chi connectivity index (χ0v) is 20.5. The molecule has 3 atom stereocenters. The lowest BCUT2D eigenvalue weighted by Gasteiger charge is -2.18. The first-order chi connectivity index (χ1) is 14.2. The van der Waals surface area contributed by atoms with Gasteiger partial charge in [0.05, 0.1) is 5.92 Å². The standard InChI is InChI=1S/C28H46O2/c1-21(10-7-11-22(2)14-9-15-25(5)28(29)30)12-8-13-23(3)16-18-27-19-17-24(4)26(6)20-27/h11,16-17,19,21,25-26H,7-10,12-15,18,20H2,1-6H3,(H,29,30). The van der Waals surface area contributed by atoms with E-state index in [0.717, 1.165) is 38.0 Å². The van der Waals surface area contributed by atoms with Crippen LogP contribution in [0.15, 0.2) is 46.6 Å². The summed E-state index contributed by atoms with van der Waals surface area (Å²) in [5, 5.41) is 8.94. The molecule has 0 aromatic rings. The molecule has 1 rings (SSSR count). The van der Waals surface area contributed by atoms with Crippen LogP contribution in [0, 0.1) is 17.8 Å². The number of rotatable bonds is 14. The minimum Gasteiger partial charge on any atom is -0.481 e. The SMILES string of the molecule is CC(=CCC1=CC=C(C)C(C)C1)CCCC(C)CCC=C(C)CCCC(C)C(=O)O.